The monoisotopic (exact) mass is 276 g/mol. The first-order valence-corrected chi connectivity index (χ1v) is 7.36. The van der Waals surface area contributed by atoms with Gasteiger partial charge >= 0.3 is 0 Å². The van der Waals surface area contributed by atoms with Gasteiger partial charge in [0.2, 0.25) is 0 Å². The lowest BCUT2D eigenvalue weighted by atomic mass is 9.96. The van der Waals surface area contributed by atoms with Crippen LogP contribution in [-0.4, -0.2) is 7.11 Å². The van der Waals surface area contributed by atoms with Crippen LogP contribution in [0.4, 0.5) is 0 Å². The molecule has 0 amide bonds. The summed E-state index contributed by atoms with van der Waals surface area (Å²) in [5.74, 6) is 0. The summed E-state index contributed by atoms with van der Waals surface area (Å²) in [4.78, 5) is 0. The third-order valence-electron chi connectivity index (χ3n) is 4.06. The Kier molecular flexibility index (Phi) is 4.03. The van der Waals surface area contributed by atoms with Gasteiger partial charge in [-0.15, -0.1) is 0 Å². The van der Waals surface area contributed by atoms with E-state index in [4.69, 9.17) is 4.74 Å². The van der Waals surface area contributed by atoms with Gasteiger partial charge in [0.15, 0.2) is 0 Å². The second-order valence-electron chi connectivity index (χ2n) is 5.44. The molecule has 106 valence electrons. The Labute approximate surface area is 126 Å². The highest BCUT2D eigenvalue weighted by molar-refractivity contribution is 5.83. The summed E-state index contributed by atoms with van der Waals surface area (Å²) < 4.78 is 5.48. The number of hydrogen-bond acceptors (Lipinski definition) is 1. The van der Waals surface area contributed by atoms with Crippen LogP contribution in [0.25, 0.3) is 10.8 Å². The van der Waals surface area contributed by atoms with Gasteiger partial charge in [-0.25, -0.2) is 0 Å². The third-order valence-corrected chi connectivity index (χ3v) is 4.06. The van der Waals surface area contributed by atoms with Crippen LogP contribution >= 0.6 is 0 Å². The molecule has 3 aromatic rings. The number of rotatable bonds is 4. The molecule has 0 fully saturated rings. The van der Waals surface area contributed by atoms with E-state index in [9.17, 15) is 0 Å². The molecular weight excluding hydrogens is 256 g/mol. The zero-order valence-corrected chi connectivity index (χ0v) is 12.5. The Morgan fingerprint density at radius 2 is 1.57 bits per heavy atom. The van der Waals surface area contributed by atoms with Crippen LogP contribution in [0, 0.1) is 0 Å². The van der Waals surface area contributed by atoms with Crippen molar-refractivity contribution in [2.24, 2.45) is 0 Å². The first kappa shape index (κ1) is 13.8. The largest absolute Gasteiger partial charge is 0.377 e. The summed E-state index contributed by atoms with van der Waals surface area (Å²) in [6.07, 6.45) is 1.07. The average molecular weight is 276 g/mol. The molecule has 3 aromatic carbocycles. The van der Waals surface area contributed by atoms with Crippen molar-refractivity contribution in [3.63, 3.8) is 0 Å². The van der Waals surface area contributed by atoms with Gasteiger partial charge in [-0.05, 0) is 40.8 Å². The smallest absolute Gasteiger partial charge is 0.0795 e. The molecule has 0 aliphatic heterocycles. The maximum atomic E-state index is 5.48. The standard InChI is InChI=1S/C20H20O/c1-15(21-2)20-10-6-5-9-19(20)14-16-11-12-17-7-3-4-8-18(17)13-16/h3-13,15H,14H2,1-2H3. The van der Waals surface area contributed by atoms with Crippen molar-refractivity contribution in [1.82, 2.24) is 0 Å². The van der Waals surface area contributed by atoms with E-state index in [1.807, 2.05) is 0 Å². The van der Waals surface area contributed by atoms with Gasteiger partial charge < -0.3 is 4.74 Å². The van der Waals surface area contributed by atoms with Crippen molar-refractivity contribution < 1.29 is 4.74 Å². The van der Waals surface area contributed by atoms with Crippen molar-refractivity contribution in [3.05, 3.63) is 83.4 Å². The van der Waals surface area contributed by atoms with Crippen LogP contribution in [0.2, 0.25) is 0 Å². The fourth-order valence-corrected chi connectivity index (χ4v) is 2.79. The second-order valence-corrected chi connectivity index (χ2v) is 5.44. The van der Waals surface area contributed by atoms with E-state index in [2.05, 4.69) is 73.7 Å². The molecule has 0 aliphatic rings. The van der Waals surface area contributed by atoms with E-state index in [1.54, 1.807) is 7.11 Å². The number of fused-ring (bicyclic) bond motifs is 1. The summed E-state index contributed by atoms with van der Waals surface area (Å²) in [7, 11) is 1.76. The molecule has 1 atom stereocenters. The Hall–Kier alpha value is -2.12. The van der Waals surface area contributed by atoms with E-state index in [-0.39, 0.29) is 6.10 Å². The average Bonchev–Trinajstić information content (AvgIpc) is 2.54. The van der Waals surface area contributed by atoms with Crippen molar-refractivity contribution in [2.75, 3.05) is 7.11 Å². The molecule has 21 heavy (non-hydrogen) atoms. The fourth-order valence-electron chi connectivity index (χ4n) is 2.79. The van der Waals surface area contributed by atoms with Crippen molar-refractivity contribution in [1.29, 1.82) is 0 Å². The molecule has 1 unspecified atom stereocenters. The molecule has 3 rings (SSSR count). The number of benzene rings is 3. The lowest BCUT2D eigenvalue weighted by Gasteiger charge is -2.15. The minimum Gasteiger partial charge on any atom is -0.377 e. The van der Waals surface area contributed by atoms with E-state index in [0.29, 0.717) is 0 Å². The lowest BCUT2D eigenvalue weighted by molar-refractivity contribution is 0.119. The first-order chi connectivity index (χ1) is 10.3. The lowest BCUT2D eigenvalue weighted by Crippen LogP contribution is -2.01. The molecule has 0 bridgehead atoms. The summed E-state index contributed by atoms with van der Waals surface area (Å²) in [6, 6.07) is 23.7. The Morgan fingerprint density at radius 3 is 2.38 bits per heavy atom. The van der Waals surface area contributed by atoms with Crippen LogP contribution in [0.3, 0.4) is 0 Å². The van der Waals surface area contributed by atoms with Crippen molar-refractivity contribution in [3.8, 4) is 0 Å². The first-order valence-electron chi connectivity index (χ1n) is 7.36. The highest BCUT2D eigenvalue weighted by atomic mass is 16.5. The minimum atomic E-state index is 0.127. The predicted molar refractivity (Wildman–Crippen MR) is 88.6 cm³/mol. The molecule has 0 saturated heterocycles. The quantitative estimate of drug-likeness (QED) is 0.641. The summed E-state index contributed by atoms with van der Waals surface area (Å²) in [5, 5.41) is 2.59. The highest BCUT2D eigenvalue weighted by Crippen LogP contribution is 2.24. The normalized spacial score (nSPS) is 12.5. The zero-order valence-electron chi connectivity index (χ0n) is 12.5. The number of methoxy groups -OCH3 is 1. The molecule has 0 saturated carbocycles. The Bertz CT molecular complexity index is 745. The zero-order chi connectivity index (χ0) is 14.7. The fraction of sp³-hybridized carbons (Fsp3) is 0.200. The summed E-state index contributed by atoms with van der Waals surface area (Å²) >= 11 is 0. The third kappa shape index (κ3) is 2.98. The van der Waals surface area contributed by atoms with Crippen LogP contribution in [0.1, 0.15) is 29.7 Å². The molecule has 0 aromatic heterocycles. The maximum absolute atomic E-state index is 5.48. The molecule has 1 nitrogen and oxygen atoms in total. The SMILES string of the molecule is COC(C)c1ccccc1Cc1ccc2ccccc2c1. The topological polar surface area (TPSA) is 9.23 Å². The highest BCUT2D eigenvalue weighted by Gasteiger charge is 2.09. The summed E-state index contributed by atoms with van der Waals surface area (Å²) in [5.41, 5.74) is 3.94. The van der Waals surface area contributed by atoms with Crippen molar-refractivity contribution in [2.45, 2.75) is 19.4 Å². The van der Waals surface area contributed by atoms with Crippen LogP contribution in [0.15, 0.2) is 66.7 Å². The molecule has 0 radical (unpaired) electrons. The van der Waals surface area contributed by atoms with E-state index < -0.39 is 0 Å². The molecule has 0 N–H and O–H groups in total. The van der Waals surface area contributed by atoms with Crippen LogP contribution in [-0.2, 0) is 11.2 Å². The molecule has 0 spiro atoms. The van der Waals surface area contributed by atoms with E-state index in [0.717, 1.165) is 6.42 Å². The van der Waals surface area contributed by atoms with Crippen LogP contribution in [0.5, 0.6) is 0 Å². The van der Waals surface area contributed by atoms with Gasteiger partial charge in [0, 0.05) is 7.11 Å². The van der Waals surface area contributed by atoms with E-state index in [1.165, 1.54) is 27.5 Å². The van der Waals surface area contributed by atoms with Crippen LogP contribution < -0.4 is 0 Å². The maximum Gasteiger partial charge on any atom is 0.0795 e. The molecule has 0 aliphatic carbocycles. The molecule has 0 heterocycles. The second kappa shape index (κ2) is 6.11. The van der Waals surface area contributed by atoms with E-state index >= 15 is 0 Å². The minimum absolute atomic E-state index is 0.127. The number of ether oxygens (including phenoxy) is 1. The van der Waals surface area contributed by atoms with Gasteiger partial charge in [-0.1, -0.05) is 66.7 Å². The van der Waals surface area contributed by atoms with Gasteiger partial charge in [-0.3, -0.25) is 0 Å². The number of hydrogen-bond donors (Lipinski definition) is 0. The van der Waals surface area contributed by atoms with Gasteiger partial charge in [0.05, 0.1) is 6.10 Å². The van der Waals surface area contributed by atoms with Gasteiger partial charge in [0.25, 0.3) is 0 Å². The summed E-state index contributed by atoms with van der Waals surface area (Å²) in [6.45, 7) is 2.10. The predicted octanol–water partition coefficient (Wildman–Crippen LogP) is 5.14. The molecular formula is C20H20O. The molecule has 1 heteroatoms. The van der Waals surface area contributed by atoms with Crippen molar-refractivity contribution >= 4 is 10.8 Å². The Morgan fingerprint density at radius 1 is 0.857 bits per heavy atom. The van der Waals surface area contributed by atoms with Gasteiger partial charge in [-0.2, -0.15) is 0 Å². The Balaban J connectivity index is 1.95. The van der Waals surface area contributed by atoms with Gasteiger partial charge in [0.1, 0.15) is 0 Å².